The minimum absolute atomic E-state index is 0.0142. The second kappa shape index (κ2) is 11.1. The molecule has 0 spiro atoms. The number of carbonyl (C=O) groups excluding carboxylic acids is 2. The molecular weight excluding hydrogens is 424 g/mol. The van der Waals surface area contributed by atoms with Crippen LogP contribution in [-0.4, -0.2) is 29.4 Å². The Morgan fingerprint density at radius 2 is 1.94 bits per heavy atom. The summed E-state index contributed by atoms with van der Waals surface area (Å²) in [5.41, 5.74) is 3.30. The van der Waals surface area contributed by atoms with Crippen LogP contribution in [0.25, 0.3) is 11.3 Å². The maximum atomic E-state index is 12.5. The zero-order chi connectivity index (χ0) is 22.9. The van der Waals surface area contributed by atoms with Crippen molar-refractivity contribution in [1.82, 2.24) is 10.3 Å². The quantitative estimate of drug-likeness (QED) is 0.479. The largest absolute Gasteiger partial charge is 0.480 e. The third-order valence-corrected chi connectivity index (χ3v) is 5.44. The molecule has 2 N–H and O–H groups in total. The average Bonchev–Trinajstić information content (AvgIpc) is 3.25. The summed E-state index contributed by atoms with van der Waals surface area (Å²) in [4.78, 5) is 27.9. The Morgan fingerprint density at radius 3 is 2.66 bits per heavy atom. The number of ether oxygens (including phenoxy) is 1. The molecule has 0 bridgehead atoms. The third-order valence-electron chi connectivity index (χ3n) is 4.68. The number of aromatic nitrogens is 1. The van der Waals surface area contributed by atoms with Crippen molar-refractivity contribution in [3.63, 3.8) is 0 Å². The van der Waals surface area contributed by atoms with Gasteiger partial charge >= 0.3 is 0 Å². The molecule has 0 saturated carbocycles. The highest BCUT2D eigenvalue weighted by Crippen LogP contribution is 2.26. The van der Waals surface area contributed by atoms with Gasteiger partial charge in [-0.05, 0) is 37.5 Å². The van der Waals surface area contributed by atoms with E-state index < -0.39 is 6.10 Å². The first-order chi connectivity index (χ1) is 15.5. The Balaban J connectivity index is 1.55. The monoisotopic (exact) mass is 448 g/mol. The van der Waals surface area contributed by atoms with Crippen LogP contribution in [0, 0.1) is 11.3 Å². The Hall–Kier alpha value is -3.70. The van der Waals surface area contributed by atoms with Crippen molar-refractivity contribution in [2.75, 3.05) is 11.9 Å². The molecule has 0 aliphatic carbocycles. The summed E-state index contributed by atoms with van der Waals surface area (Å²) in [6.07, 6.45) is 0.977. The van der Waals surface area contributed by atoms with Crippen LogP contribution in [0.4, 0.5) is 5.13 Å². The second-order valence-electron chi connectivity index (χ2n) is 7.18. The topological polar surface area (TPSA) is 104 Å². The number of thiazole rings is 1. The number of nitrogens with one attached hydrogen (secondary N) is 2. The van der Waals surface area contributed by atoms with E-state index in [1.54, 1.807) is 31.2 Å². The van der Waals surface area contributed by atoms with Crippen molar-refractivity contribution in [2.45, 2.75) is 32.8 Å². The van der Waals surface area contributed by atoms with Crippen molar-refractivity contribution in [3.8, 4) is 23.1 Å². The fraction of sp³-hybridized carbons (Fsp3) is 0.250. The first-order valence-electron chi connectivity index (χ1n) is 10.2. The van der Waals surface area contributed by atoms with Crippen LogP contribution < -0.4 is 15.4 Å². The molecule has 0 saturated heterocycles. The molecule has 1 unspecified atom stereocenters. The maximum Gasteiger partial charge on any atom is 0.266 e. The first kappa shape index (κ1) is 23.0. The van der Waals surface area contributed by atoms with Gasteiger partial charge < -0.3 is 10.1 Å². The summed E-state index contributed by atoms with van der Waals surface area (Å²) in [5, 5.41) is 17.1. The minimum atomic E-state index is -0.784. The van der Waals surface area contributed by atoms with Crippen LogP contribution in [0.2, 0.25) is 0 Å². The highest BCUT2D eigenvalue weighted by molar-refractivity contribution is 7.14. The van der Waals surface area contributed by atoms with Crippen LogP contribution in [-0.2, 0) is 16.0 Å². The van der Waals surface area contributed by atoms with Crippen LogP contribution in [0.3, 0.4) is 0 Å². The van der Waals surface area contributed by atoms with Crippen molar-refractivity contribution in [1.29, 1.82) is 5.26 Å². The Bertz CT molecular complexity index is 1120. The number of hydrogen-bond acceptors (Lipinski definition) is 6. The van der Waals surface area contributed by atoms with Crippen molar-refractivity contribution < 1.29 is 14.3 Å². The molecule has 7 nitrogen and oxygen atoms in total. The number of para-hydroxylation sites is 1. The summed E-state index contributed by atoms with van der Waals surface area (Å²) >= 11 is 1.34. The Kier molecular flexibility index (Phi) is 7.95. The molecule has 32 heavy (non-hydrogen) atoms. The predicted molar refractivity (Wildman–Crippen MR) is 124 cm³/mol. The van der Waals surface area contributed by atoms with Gasteiger partial charge in [-0.1, -0.05) is 36.4 Å². The molecule has 0 aliphatic heterocycles. The number of anilines is 1. The number of benzene rings is 2. The van der Waals surface area contributed by atoms with Gasteiger partial charge in [0, 0.05) is 24.4 Å². The van der Waals surface area contributed by atoms with E-state index in [2.05, 4.69) is 15.6 Å². The number of nitrogens with zero attached hydrogens (tertiary/aromatic N) is 2. The number of carbonyl (C=O) groups is 2. The number of amides is 2. The fourth-order valence-electron chi connectivity index (χ4n) is 2.98. The van der Waals surface area contributed by atoms with Gasteiger partial charge in [0.2, 0.25) is 5.91 Å². The molecule has 1 atom stereocenters. The van der Waals surface area contributed by atoms with E-state index in [-0.39, 0.29) is 11.8 Å². The molecule has 164 valence electrons. The summed E-state index contributed by atoms with van der Waals surface area (Å²) in [7, 11) is 0. The third kappa shape index (κ3) is 6.40. The van der Waals surface area contributed by atoms with E-state index in [4.69, 9.17) is 10.00 Å². The van der Waals surface area contributed by atoms with E-state index in [0.717, 1.165) is 24.1 Å². The number of aryl methyl sites for hydroxylation is 1. The highest BCUT2D eigenvalue weighted by atomic mass is 32.1. The number of hydrogen-bond donors (Lipinski definition) is 2. The lowest BCUT2D eigenvalue weighted by Gasteiger charge is -2.14. The van der Waals surface area contributed by atoms with Gasteiger partial charge in [0.1, 0.15) is 11.8 Å². The lowest BCUT2D eigenvalue weighted by atomic mass is 10.1. The highest BCUT2D eigenvalue weighted by Gasteiger charge is 2.18. The van der Waals surface area contributed by atoms with Gasteiger partial charge in [-0.15, -0.1) is 11.3 Å². The van der Waals surface area contributed by atoms with Gasteiger partial charge in [0.15, 0.2) is 11.2 Å². The lowest BCUT2D eigenvalue weighted by Crippen LogP contribution is -2.30. The summed E-state index contributed by atoms with van der Waals surface area (Å²) in [6, 6.07) is 16.9. The van der Waals surface area contributed by atoms with E-state index in [0.29, 0.717) is 23.0 Å². The molecule has 8 heteroatoms. The molecule has 0 aliphatic rings. The van der Waals surface area contributed by atoms with E-state index in [1.807, 2.05) is 35.7 Å². The second-order valence-corrected chi connectivity index (χ2v) is 8.04. The van der Waals surface area contributed by atoms with Crippen LogP contribution in [0.5, 0.6) is 5.75 Å². The molecule has 2 amide bonds. The summed E-state index contributed by atoms with van der Waals surface area (Å²) in [5.74, 6) is 0.0162. The van der Waals surface area contributed by atoms with Gasteiger partial charge in [0.05, 0.1) is 11.3 Å². The first-order valence-corrected chi connectivity index (χ1v) is 11.1. The number of rotatable bonds is 9. The lowest BCUT2D eigenvalue weighted by molar-refractivity contribution is -0.122. The van der Waals surface area contributed by atoms with Crippen LogP contribution in [0.1, 0.15) is 31.4 Å². The SMILES string of the molecule is CC(=O)NCCCc1ccc(-c2csc(NC(=O)C(C)Oc3ccccc3C#N)n2)cc1. The van der Waals surface area contributed by atoms with E-state index >= 15 is 0 Å². The molecule has 2 aromatic carbocycles. The molecule has 3 rings (SSSR count). The molecule has 0 radical (unpaired) electrons. The van der Waals surface area contributed by atoms with Crippen molar-refractivity contribution in [2.24, 2.45) is 0 Å². The average molecular weight is 449 g/mol. The Morgan fingerprint density at radius 1 is 1.19 bits per heavy atom. The standard InChI is InChI=1S/C24H24N4O3S/c1-16(31-22-8-4-3-7-20(22)14-25)23(30)28-24-27-21(15-32-24)19-11-9-18(10-12-19)6-5-13-26-17(2)29/h3-4,7-12,15-16H,5-6,13H2,1-2H3,(H,26,29)(H,27,28,30). The number of nitriles is 1. The fourth-order valence-corrected chi connectivity index (χ4v) is 3.70. The van der Waals surface area contributed by atoms with Crippen LogP contribution in [0.15, 0.2) is 53.9 Å². The zero-order valence-electron chi connectivity index (χ0n) is 17.9. The maximum absolute atomic E-state index is 12.5. The van der Waals surface area contributed by atoms with Crippen LogP contribution >= 0.6 is 11.3 Å². The molecule has 3 aromatic rings. The van der Waals surface area contributed by atoms with Crippen molar-refractivity contribution >= 4 is 28.3 Å². The van der Waals surface area contributed by atoms with E-state index in [9.17, 15) is 9.59 Å². The predicted octanol–water partition coefficient (Wildman–Crippen LogP) is 4.16. The Labute approximate surface area is 191 Å². The minimum Gasteiger partial charge on any atom is -0.480 e. The molecule has 0 fully saturated rings. The normalized spacial score (nSPS) is 11.3. The molecule has 1 heterocycles. The molecule has 1 aromatic heterocycles. The summed E-state index contributed by atoms with van der Waals surface area (Å²) < 4.78 is 5.65. The van der Waals surface area contributed by atoms with Gasteiger partial charge in [-0.2, -0.15) is 5.26 Å². The van der Waals surface area contributed by atoms with Gasteiger partial charge in [-0.3, -0.25) is 14.9 Å². The van der Waals surface area contributed by atoms with Crippen molar-refractivity contribution in [3.05, 3.63) is 65.0 Å². The zero-order valence-corrected chi connectivity index (χ0v) is 18.7. The van der Waals surface area contributed by atoms with Gasteiger partial charge in [-0.25, -0.2) is 4.98 Å². The van der Waals surface area contributed by atoms with Gasteiger partial charge in [0.25, 0.3) is 5.91 Å². The van der Waals surface area contributed by atoms with E-state index in [1.165, 1.54) is 23.8 Å². The smallest absolute Gasteiger partial charge is 0.266 e. The molecular formula is C24H24N4O3S. The summed E-state index contributed by atoms with van der Waals surface area (Å²) in [6.45, 7) is 3.81.